The van der Waals surface area contributed by atoms with Crippen molar-refractivity contribution < 1.29 is 42.1 Å². The molecule has 0 spiro atoms. The Bertz CT molecular complexity index is 1090. The number of quaternary nitrogens is 1. The standard InChI is InChI=1S/C48H90NO8P/c1-6-8-10-12-14-16-18-20-22-23-24-25-27-28-30-32-34-36-38-40-47(50)54-44-46(45-56-58(52,53)55-43-42-49(3,4)5)57-48(51)41-39-37-35-33-31-29-26-21-19-17-15-13-11-9-7-2/h14,16,20-22,26,46H,6-13,15,17-19,23-25,27-45H2,1-5H3/p+1/b16-14+,22-20+,26-21+/t46-/m1/s1. The van der Waals surface area contributed by atoms with E-state index in [2.05, 4.69) is 50.3 Å². The zero-order valence-electron chi connectivity index (χ0n) is 38.3. The summed E-state index contributed by atoms with van der Waals surface area (Å²) in [5.41, 5.74) is 0. The lowest BCUT2D eigenvalue weighted by atomic mass is 10.1. The zero-order valence-corrected chi connectivity index (χ0v) is 39.2. The maximum Gasteiger partial charge on any atom is 0.472 e. The van der Waals surface area contributed by atoms with E-state index in [1.54, 1.807) is 0 Å². The van der Waals surface area contributed by atoms with Gasteiger partial charge in [0.25, 0.3) is 0 Å². The summed E-state index contributed by atoms with van der Waals surface area (Å²) in [5, 5.41) is 0. The van der Waals surface area contributed by atoms with Gasteiger partial charge in [0.05, 0.1) is 27.7 Å². The SMILES string of the molecule is CCCCC/C=C/C/C=C/CCCCCCCCCCCC(=O)OC[C@H](COP(=O)(O)OCC[N+](C)(C)C)OC(=O)CCCCCCC/C=C/CCCCCCCC. The van der Waals surface area contributed by atoms with Crippen LogP contribution in [0.3, 0.4) is 0 Å². The average Bonchev–Trinajstić information content (AvgIpc) is 3.17. The van der Waals surface area contributed by atoms with Crippen molar-refractivity contribution in [3.05, 3.63) is 36.5 Å². The number of allylic oxidation sites excluding steroid dienone is 6. The Labute approximate surface area is 357 Å². The number of esters is 2. The highest BCUT2D eigenvalue weighted by atomic mass is 31.2. The summed E-state index contributed by atoms with van der Waals surface area (Å²) in [5.74, 6) is -0.809. The molecule has 0 fully saturated rings. The minimum absolute atomic E-state index is 0.0295. The Hall–Kier alpha value is -1.77. The molecule has 0 aromatic heterocycles. The molecule has 2 atom stereocenters. The summed E-state index contributed by atoms with van der Waals surface area (Å²) in [6.07, 6.45) is 46.1. The molecule has 0 heterocycles. The molecule has 0 aromatic rings. The van der Waals surface area contributed by atoms with E-state index in [0.717, 1.165) is 57.8 Å². The van der Waals surface area contributed by atoms with Crippen molar-refractivity contribution in [1.82, 2.24) is 0 Å². The highest BCUT2D eigenvalue weighted by molar-refractivity contribution is 7.47. The van der Waals surface area contributed by atoms with Crippen LogP contribution in [0.5, 0.6) is 0 Å². The van der Waals surface area contributed by atoms with Gasteiger partial charge in [-0.05, 0) is 70.6 Å². The van der Waals surface area contributed by atoms with Crippen molar-refractivity contribution in [1.29, 1.82) is 0 Å². The van der Waals surface area contributed by atoms with Gasteiger partial charge in [-0.15, -0.1) is 0 Å². The zero-order chi connectivity index (χ0) is 42.8. The molecular weight excluding hydrogens is 750 g/mol. The third-order valence-corrected chi connectivity index (χ3v) is 11.1. The van der Waals surface area contributed by atoms with E-state index in [4.69, 9.17) is 18.5 Å². The molecule has 0 aromatic carbocycles. The molecule has 0 saturated carbocycles. The van der Waals surface area contributed by atoms with Gasteiger partial charge in [-0.25, -0.2) is 4.57 Å². The van der Waals surface area contributed by atoms with Gasteiger partial charge in [0, 0.05) is 12.8 Å². The molecule has 0 rings (SSSR count). The highest BCUT2D eigenvalue weighted by Gasteiger charge is 2.27. The molecule has 1 N–H and O–H groups in total. The van der Waals surface area contributed by atoms with Crippen LogP contribution in [-0.4, -0.2) is 74.9 Å². The van der Waals surface area contributed by atoms with Crippen LogP contribution in [0, 0.1) is 0 Å². The van der Waals surface area contributed by atoms with Gasteiger partial charge in [-0.3, -0.25) is 18.6 Å². The number of phosphoric ester groups is 1. The van der Waals surface area contributed by atoms with Gasteiger partial charge in [-0.1, -0.05) is 159 Å². The second kappa shape index (κ2) is 40.6. The Balaban J connectivity index is 4.31. The van der Waals surface area contributed by atoms with Crippen molar-refractivity contribution in [2.45, 2.75) is 213 Å². The second-order valence-corrected chi connectivity index (χ2v) is 18.6. The fourth-order valence-corrected chi connectivity index (χ4v) is 7.13. The maximum absolute atomic E-state index is 12.7. The van der Waals surface area contributed by atoms with E-state index >= 15 is 0 Å². The Morgan fingerprint density at radius 2 is 0.931 bits per heavy atom. The lowest BCUT2D eigenvalue weighted by molar-refractivity contribution is -0.870. The summed E-state index contributed by atoms with van der Waals surface area (Å²) in [7, 11) is 1.47. The summed E-state index contributed by atoms with van der Waals surface area (Å²) >= 11 is 0. The third-order valence-electron chi connectivity index (χ3n) is 10.1. The lowest BCUT2D eigenvalue weighted by Crippen LogP contribution is -2.37. The predicted molar refractivity (Wildman–Crippen MR) is 243 cm³/mol. The number of hydrogen-bond donors (Lipinski definition) is 1. The quantitative estimate of drug-likeness (QED) is 0.0213. The molecule has 0 aliphatic carbocycles. The summed E-state index contributed by atoms with van der Waals surface area (Å²) in [4.78, 5) is 35.4. The van der Waals surface area contributed by atoms with Crippen LogP contribution in [0.4, 0.5) is 0 Å². The number of ether oxygens (including phenoxy) is 2. The maximum atomic E-state index is 12.7. The van der Waals surface area contributed by atoms with Crippen LogP contribution in [0.1, 0.15) is 206 Å². The smallest absolute Gasteiger partial charge is 0.462 e. The summed E-state index contributed by atoms with van der Waals surface area (Å²) in [6, 6.07) is 0. The van der Waals surface area contributed by atoms with Gasteiger partial charge in [0.2, 0.25) is 0 Å². The lowest BCUT2D eigenvalue weighted by Gasteiger charge is -2.24. The first-order chi connectivity index (χ1) is 28.0. The largest absolute Gasteiger partial charge is 0.472 e. The summed E-state index contributed by atoms with van der Waals surface area (Å²) in [6.45, 7) is 4.39. The molecule has 0 saturated heterocycles. The Morgan fingerprint density at radius 1 is 0.534 bits per heavy atom. The first kappa shape index (κ1) is 56.2. The predicted octanol–water partition coefficient (Wildman–Crippen LogP) is 13.7. The molecule has 58 heavy (non-hydrogen) atoms. The highest BCUT2D eigenvalue weighted by Crippen LogP contribution is 2.43. The van der Waals surface area contributed by atoms with Crippen LogP contribution in [0.25, 0.3) is 0 Å². The average molecular weight is 841 g/mol. The number of rotatable bonds is 43. The van der Waals surface area contributed by atoms with Gasteiger partial charge >= 0.3 is 19.8 Å². The number of unbranched alkanes of at least 4 members (excludes halogenated alkanes) is 23. The molecule has 0 bridgehead atoms. The number of nitrogens with zero attached hydrogens (tertiary/aromatic N) is 1. The second-order valence-electron chi connectivity index (χ2n) is 17.1. The number of likely N-dealkylation sites (N-methyl/N-ethyl adjacent to an activating group) is 1. The van der Waals surface area contributed by atoms with Crippen molar-refractivity contribution in [3.8, 4) is 0 Å². The first-order valence-electron chi connectivity index (χ1n) is 23.7. The fraction of sp³-hybridized carbons (Fsp3) is 0.833. The van der Waals surface area contributed by atoms with E-state index < -0.39 is 26.5 Å². The molecule has 1 unspecified atom stereocenters. The van der Waals surface area contributed by atoms with Gasteiger partial charge in [-0.2, -0.15) is 0 Å². The van der Waals surface area contributed by atoms with Gasteiger partial charge < -0.3 is 18.9 Å². The van der Waals surface area contributed by atoms with E-state index in [9.17, 15) is 19.0 Å². The van der Waals surface area contributed by atoms with Gasteiger partial charge in [0.1, 0.15) is 19.8 Å². The van der Waals surface area contributed by atoms with Crippen molar-refractivity contribution in [3.63, 3.8) is 0 Å². The molecule has 0 aliphatic rings. The third kappa shape index (κ3) is 43.8. The molecule has 340 valence electrons. The van der Waals surface area contributed by atoms with Crippen LogP contribution in [0.15, 0.2) is 36.5 Å². The van der Waals surface area contributed by atoms with Gasteiger partial charge in [0.15, 0.2) is 6.10 Å². The minimum atomic E-state index is -4.38. The minimum Gasteiger partial charge on any atom is -0.462 e. The van der Waals surface area contributed by atoms with E-state index in [1.165, 1.54) is 116 Å². The fourth-order valence-electron chi connectivity index (χ4n) is 6.39. The molecule has 0 radical (unpaired) electrons. The van der Waals surface area contributed by atoms with Crippen molar-refractivity contribution in [2.24, 2.45) is 0 Å². The summed E-state index contributed by atoms with van der Waals surface area (Å²) < 4.78 is 34.4. The van der Waals surface area contributed by atoms with E-state index in [-0.39, 0.29) is 32.0 Å². The number of phosphoric acid groups is 1. The monoisotopic (exact) mass is 841 g/mol. The molecular formula is C48H91NO8P+. The van der Waals surface area contributed by atoms with Crippen LogP contribution >= 0.6 is 7.82 Å². The van der Waals surface area contributed by atoms with E-state index in [0.29, 0.717) is 17.4 Å². The first-order valence-corrected chi connectivity index (χ1v) is 25.2. The normalized spacial score (nSPS) is 13.8. The van der Waals surface area contributed by atoms with Crippen molar-refractivity contribution >= 4 is 19.8 Å². The Morgan fingerprint density at radius 3 is 1.41 bits per heavy atom. The van der Waals surface area contributed by atoms with Crippen molar-refractivity contribution in [2.75, 3.05) is 47.5 Å². The van der Waals surface area contributed by atoms with Crippen LogP contribution < -0.4 is 0 Å². The number of carbonyl (C=O) groups is 2. The Kier molecular flexibility index (Phi) is 39.4. The molecule has 10 heteroatoms. The van der Waals surface area contributed by atoms with Crippen LogP contribution in [-0.2, 0) is 32.7 Å². The molecule has 0 aliphatic heterocycles. The number of carbonyl (C=O) groups excluding carboxylic acids is 2. The van der Waals surface area contributed by atoms with Crippen LogP contribution in [0.2, 0.25) is 0 Å². The molecule has 0 amide bonds. The topological polar surface area (TPSA) is 108 Å². The number of hydrogen-bond acceptors (Lipinski definition) is 7. The van der Waals surface area contributed by atoms with E-state index in [1.807, 2.05) is 21.1 Å². The molecule has 9 nitrogen and oxygen atoms in total.